The zero-order valence-electron chi connectivity index (χ0n) is 6.76. The van der Waals surface area contributed by atoms with E-state index in [1.807, 2.05) is 17.5 Å². The van der Waals surface area contributed by atoms with Crippen LogP contribution in [0.5, 0.6) is 0 Å². The molecule has 12 heavy (non-hydrogen) atoms. The Morgan fingerprint density at radius 1 is 1.67 bits per heavy atom. The predicted molar refractivity (Wildman–Crippen MR) is 46.6 cm³/mol. The van der Waals surface area contributed by atoms with Crippen molar-refractivity contribution in [3.8, 4) is 0 Å². The third-order valence-electron chi connectivity index (χ3n) is 1.63. The predicted octanol–water partition coefficient (Wildman–Crippen LogP) is 2.27. The Kier molecular flexibility index (Phi) is 2.80. The van der Waals surface area contributed by atoms with Crippen LogP contribution >= 0.6 is 11.3 Å². The lowest BCUT2D eigenvalue weighted by Gasteiger charge is -2.22. The van der Waals surface area contributed by atoms with Gasteiger partial charge in [-0.05, 0) is 18.4 Å². The molecule has 2 N–H and O–H groups in total. The van der Waals surface area contributed by atoms with Gasteiger partial charge in [0.25, 0.3) is 6.43 Å². The van der Waals surface area contributed by atoms with Gasteiger partial charge < -0.3 is 5.73 Å². The molecule has 0 bridgehead atoms. The lowest BCUT2D eigenvalue weighted by atomic mass is 9.99. The smallest absolute Gasteiger partial charge is 0.256 e. The Morgan fingerprint density at radius 3 is 2.75 bits per heavy atom. The fourth-order valence-corrected chi connectivity index (χ4v) is 1.75. The molecule has 0 fully saturated rings. The zero-order valence-corrected chi connectivity index (χ0v) is 7.57. The van der Waals surface area contributed by atoms with Crippen molar-refractivity contribution in [2.45, 2.75) is 25.3 Å². The van der Waals surface area contributed by atoms with E-state index in [1.54, 1.807) is 0 Å². The molecule has 4 heteroatoms. The molecule has 1 rings (SSSR count). The highest BCUT2D eigenvalue weighted by molar-refractivity contribution is 7.09. The quantitative estimate of drug-likeness (QED) is 0.779. The fourth-order valence-electron chi connectivity index (χ4n) is 0.866. The van der Waals surface area contributed by atoms with Gasteiger partial charge >= 0.3 is 0 Å². The van der Waals surface area contributed by atoms with Crippen molar-refractivity contribution in [1.29, 1.82) is 0 Å². The molecule has 0 aromatic carbocycles. The zero-order chi connectivity index (χ0) is 9.19. The van der Waals surface area contributed by atoms with Gasteiger partial charge in [-0.1, -0.05) is 6.07 Å². The number of thiophene rings is 1. The standard InChI is InChI=1S/C8H11F2NS/c1-8(11,7(9)10)5-6-3-2-4-12-6/h2-4,7H,5,11H2,1H3. The molecule has 1 unspecified atom stereocenters. The minimum Gasteiger partial charge on any atom is -0.320 e. The maximum Gasteiger partial charge on any atom is 0.256 e. The Morgan fingerprint density at radius 2 is 2.33 bits per heavy atom. The molecular formula is C8H11F2NS. The second-order valence-electron chi connectivity index (χ2n) is 3.06. The summed E-state index contributed by atoms with van der Waals surface area (Å²) in [4.78, 5) is 0.903. The van der Waals surface area contributed by atoms with Crippen LogP contribution in [0.1, 0.15) is 11.8 Å². The highest BCUT2D eigenvalue weighted by Crippen LogP contribution is 2.20. The van der Waals surface area contributed by atoms with E-state index in [2.05, 4.69) is 0 Å². The Bertz CT molecular complexity index is 231. The van der Waals surface area contributed by atoms with Crippen molar-refractivity contribution < 1.29 is 8.78 Å². The summed E-state index contributed by atoms with van der Waals surface area (Å²) >= 11 is 1.45. The van der Waals surface area contributed by atoms with Crippen LogP contribution < -0.4 is 5.73 Å². The third-order valence-corrected chi connectivity index (χ3v) is 2.51. The molecular weight excluding hydrogens is 180 g/mol. The van der Waals surface area contributed by atoms with Crippen molar-refractivity contribution >= 4 is 11.3 Å². The molecule has 0 amide bonds. The average Bonchev–Trinajstić information content (AvgIpc) is 2.38. The van der Waals surface area contributed by atoms with Crippen molar-refractivity contribution in [2.24, 2.45) is 5.73 Å². The topological polar surface area (TPSA) is 26.0 Å². The van der Waals surface area contributed by atoms with Crippen LogP contribution in [0.4, 0.5) is 8.78 Å². The van der Waals surface area contributed by atoms with Crippen LogP contribution in [0.15, 0.2) is 17.5 Å². The molecule has 1 heterocycles. The first-order chi connectivity index (χ1) is 5.52. The molecule has 0 spiro atoms. The van der Waals surface area contributed by atoms with Crippen molar-refractivity contribution in [2.75, 3.05) is 0 Å². The highest BCUT2D eigenvalue weighted by atomic mass is 32.1. The molecule has 1 atom stereocenters. The molecule has 1 nitrogen and oxygen atoms in total. The summed E-state index contributed by atoms with van der Waals surface area (Å²) in [5.41, 5.74) is 4.01. The van der Waals surface area contributed by atoms with Crippen LogP contribution in [-0.4, -0.2) is 12.0 Å². The monoisotopic (exact) mass is 191 g/mol. The molecule has 68 valence electrons. The first kappa shape index (κ1) is 9.61. The van der Waals surface area contributed by atoms with E-state index < -0.39 is 12.0 Å². The van der Waals surface area contributed by atoms with Crippen LogP contribution in [0.25, 0.3) is 0 Å². The molecule has 0 radical (unpaired) electrons. The molecule has 1 aromatic heterocycles. The lowest BCUT2D eigenvalue weighted by molar-refractivity contribution is 0.0644. The summed E-state index contributed by atoms with van der Waals surface area (Å²) < 4.78 is 24.6. The maximum absolute atomic E-state index is 12.3. The van der Waals surface area contributed by atoms with Crippen molar-refractivity contribution in [3.63, 3.8) is 0 Å². The van der Waals surface area contributed by atoms with Crippen molar-refractivity contribution in [3.05, 3.63) is 22.4 Å². The van der Waals surface area contributed by atoms with E-state index in [0.29, 0.717) is 0 Å². The number of nitrogens with two attached hydrogens (primary N) is 1. The maximum atomic E-state index is 12.3. The summed E-state index contributed by atoms with van der Waals surface area (Å²) in [6.45, 7) is 1.37. The Hall–Kier alpha value is -0.480. The number of hydrogen-bond donors (Lipinski definition) is 1. The lowest BCUT2D eigenvalue weighted by Crippen LogP contribution is -2.45. The number of alkyl halides is 2. The Balaban J connectivity index is 2.62. The molecule has 0 aliphatic rings. The van der Waals surface area contributed by atoms with Gasteiger partial charge in [-0.2, -0.15) is 0 Å². The molecule has 0 saturated heterocycles. The Labute approximate surface area is 74.2 Å². The van der Waals surface area contributed by atoms with E-state index in [0.717, 1.165) is 4.88 Å². The number of halogens is 2. The largest absolute Gasteiger partial charge is 0.320 e. The average molecular weight is 191 g/mol. The minimum atomic E-state index is -2.47. The fraction of sp³-hybridized carbons (Fsp3) is 0.500. The van der Waals surface area contributed by atoms with Gasteiger partial charge in [0.05, 0.1) is 5.54 Å². The van der Waals surface area contributed by atoms with Crippen LogP contribution in [0, 0.1) is 0 Å². The minimum absolute atomic E-state index is 0.238. The second-order valence-corrected chi connectivity index (χ2v) is 4.09. The first-order valence-electron chi connectivity index (χ1n) is 3.62. The van der Waals surface area contributed by atoms with Gasteiger partial charge in [0.1, 0.15) is 0 Å². The van der Waals surface area contributed by atoms with Crippen molar-refractivity contribution in [1.82, 2.24) is 0 Å². The summed E-state index contributed by atoms with van der Waals surface area (Å²) in [6, 6.07) is 3.65. The van der Waals surface area contributed by atoms with E-state index >= 15 is 0 Å². The van der Waals surface area contributed by atoms with Gasteiger partial charge in [-0.3, -0.25) is 0 Å². The summed E-state index contributed by atoms with van der Waals surface area (Å²) in [5, 5.41) is 1.86. The summed E-state index contributed by atoms with van der Waals surface area (Å²) in [7, 11) is 0. The second kappa shape index (κ2) is 3.49. The first-order valence-corrected chi connectivity index (χ1v) is 4.50. The summed E-state index contributed by atoms with van der Waals surface area (Å²) in [5.74, 6) is 0. The van der Waals surface area contributed by atoms with Gasteiger partial charge in [0.15, 0.2) is 0 Å². The van der Waals surface area contributed by atoms with Gasteiger partial charge in [-0.15, -0.1) is 11.3 Å². The van der Waals surface area contributed by atoms with E-state index in [1.165, 1.54) is 18.3 Å². The van der Waals surface area contributed by atoms with E-state index in [-0.39, 0.29) is 6.42 Å². The third kappa shape index (κ3) is 2.25. The SMILES string of the molecule is CC(N)(Cc1cccs1)C(F)F. The number of rotatable bonds is 3. The van der Waals surface area contributed by atoms with Crippen LogP contribution in [0.3, 0.4) is 0 Å². The van der Waals surface area contributed by atoms with Gasteiger partial charge in [0, 0.05) is 11.3 Å². The van der Waals surface area contributed by atoms with E-state index in [9.17, 15) is 8.78 Å². The van der Waals surface area contributed by atoms with Gasteiger partial charge in [0.2, 0.25) is 0 Å². The van der Waals surface area contributed by atoms with E-state index in [4.69, 9.17) is 5.73 Å². The van der Waals surface area contributed by atoms with Crippen LogP contribution in [-0.2, 0) is 6.42 Å². The highest BCUT2D eigenvalue weighted by Gasteiger charge is 2.30. The van der Waals surface area contributed by atoms with Crippen LogP contribution in [0.2, 0.25) is 0 Å². The van der Waals surface area contributed by atoms with Gasteiger partial charge in [-0.25, -0.2) is 8.78 Å². The number of hydrogen-bond acceptors (Lipinski definition) is 2. The molecule has 0 aliphatic heterocycles. The molecule has 1 aromatic rings. The summed E-state index contributed by atoms with van der Waals surface area (Å²) in [6.07, 6.45) is -2.23. The normalized spacial score (nSPS) is 16.4. The molecule has 0 saturated carbocycles. The molecule has 0 aliphatic carbocycles.